The number of rotatable bonds is 6. The van der Waals surface area contributed by atoms with Crippen LogP contribution < -0.4 is 4.90 Å². The number of aryl methyl sites for hydroxylation is 1. The highest BCUT2D eigenvalue weighted by Crippen LogP contribution is 2.15. The van der Waals surface area contributed by atoms with Crippen molar-refractivity contribution in [2.45, 2.75) is 26.2 Å². The molecule has 6 heteroatoms. The minimum absolute atomic E-state index is 0.651. The Morgan fingerprint density at radius 1 is 1.33 bits per heavy atom. The van der Waals surface area contributed by atoms with E-state index in [1.807, 2.05) is 13.0 Å². The van der Waals surface area contributed by atoms with Crippen LogP contribution in [0.5, 0.6) is 0 Å². The summed E-state index contributed by atoms with van der Waals surface area (Å²) in [5.74, 6) is 2.42. The number of aromatic nitrogens is 4. The summed E-state index contributed by atoms with van der Waals surface area (Å²) in [5.41, 5.74) is 0.957. The van der Waals surface area contributed by atoms with Crippen LogP contribution in [0.25, 0.3) is 5.78 Å². The molecule has 2 heterocycles. The number of halogens is 1. The zero-order valence-electron chi connectivity index (χ0n) is 10.8. The van der Waals surface area contributed by atoms with Gasteiger partial charge >= 0.3 is 0 Å². The van der Waals surface area contributed by atoms with Crippen LogP contribution in [0.2, 0.25) is 0 Å². The molecular weight excluding hydrogens is 250 g/mol. The van der Waals surface area contributed by atoms with Crippen LogP contribution >= 0.6 is 11.6 Å². The zero-order chi connectivity index (χ0) is 13.0. The maximum atomic E-state index is 5.67. The van der Waals surface area contributed by atoms with Crippen molar-refractivity contribution in [1.29, 1.82) is 0 Å². The van der Waals surface area contributed by atoms with Gasteiger partial charge in [0, 0.05) is 31.2 Å². The van der Waals surface area contributed by atoms with Gasteiger partial charge in [0.2, 0.25) is 0 Å². The number of hydrogen-bond acceptors (Lipinski definition) is 4. The zero-order valence-corrected chi connectivity index (χ0v) is 11.6. The van der Waals surface area contributed by atoms with Crippen molar-refractivity contribution in [2.75, 3.05) is 24.4 Å². The fourth-order valence-electron chi connectivity index (χ4n) is 1.92. The first-order chi connectivity index (χ1) is 8.72. The van der Waals surface area contributed by atoms with Crippen LogP contribution in [0.4, 0.5) is 5.82 Å². The van der Waals surface area contributed by atoms with Gasteiger partial charge in [-0.05, 0) is 19.8 Å². The Morgan fingerprint density at radius 3 is 2.94 bits per heavy atom. The SMILES string of the molecule is Cc1cc(N(C)CCCCCCl)n2ncnc2n1. The van der Waals surface area contributed by atoms with Crippen LogP contribution in [-0.2, 0) is 0 Å². The predicted octanol–water partition coefficient (Wildman–Crippen LogP) is 2.28. The number of nitrogens with zero attached hydrogens (tertiary/aromatic N) is 5. The third-order valence-electron chi connectivity index (χ3n) is 2.88. The van der Waals surface area contributed by atoms with Crippen molar-refractivity contribution in [2.24, 2.45) is 0 Å². The van der Waals surface area contributed by atoms with Gasteiger partial charge in [0.25, 0.3) is 5.78 Å². The molecule has 2 rings (SSSR count). The summed E-state index contributed by atoms with van der Waals surface area (Å²) in [6, 6.07) is 2.03. The molecule has 0 saturated carbocycles. The molecule has 0 aliphatic carbocycles. The summed E-state index contributed by atoms with van der Waals surface area (Å²) in [5, 5.41) is 4.21. The average molecular weight is 268 g/mol. The Balaban J connectivity index is 2.11. The molecule has 0 unspecified atom stereocenters. The maximum absolute atomic E-state index is 5.67. The van der Waals surface area contributed by atoms with Crippen LogP contribution in [0, 0.1) is 6.92 Å². The van der Waals surface area contributed by atoms with Crippen molar-refractivity contribution >= 4 is 23.2 Å². The van der Waals surface area contributed by atoms with Gasteiger partial charge < -0.3 is 4.90 Å². The topological polar surface area (TPSA) is 46.3 Å². The predicted molar refractivity (Wildman–Crippen MR) is 73.4 cm³/mol. The molecule has 98 valence electrons. The fraction of sp³-hybridized carbons (Fsp3) is 0.583. The third kappa shape index (κ3) is 2.90. The van der Waals surface area contributed by atoms with Gasteiger partial charge in [0.15, 0.2) is 0 Å². The van der Waals surface area contributed by atoms with E-state index in [2.05, 4.69) is 27.0 Å². The summed E-state index contributed by atoms with van der Waals surface area (Å²) in [4.78, 5) is 10.6. The standard InChI is InChI=1S/C12H18ClN5/c1-10-8-11(17(2)7-5-3-4-6-13)18-12(16-10)14-9-15-18/h8-9H,3-7H2,1-2H3. The maximum Gasteiger partial charge on any atom is 0.254 e. The molecule has 2 aromatic heterocycles. The lowest BCUT2D eigenvalue weighted by Crippen LogP contribution is -2.22. The highest BCUT2D eigenvalue weighted by Gasteiger charge is 2.09. The normalized spacial score (nSPS) is 11.1. The molecular formula is C12H18ClN5. The highest BCUT2D eigenvalue weighted by atomic mass is 35.5. The second kappa shape index (κ2) is 6.00. The van der Waals surface area contributed by atoms with E-state index in [9.17, 15) is 0 Å². The summed E-state index contributed by atoms with van der Waals surface area (Å²) < 4.78 is 1.77. The van der Waals surface area contributed by atoms with Gasteiger partial charge in [-0.15, -0.1) is 11.6 Å². The summed E-state index contributed by atoms with van der Waals surface area (Å²) >= 11 is 5.67. The number of alkyl halides is 1. The van der Waals surface area contributed by atoms with E-state index in [0.717, 1.165) is 43.2 Å². The van der Waals surface area contributed by atoms with E-state index >= 15 is 0 Å². The molecule has 0 aromatic carbocycles. The monoisotopic (exact) mass is 267 g/mol. The second-order valence-corrected chi connectivity index (χ2v) is 4.78. The van der Waals surface area contributed by atoms with E-state index in [1.165, 1.54) is 6.33 Å². The summed E-state index contributed by atoms with van der Waals surface area (Å²) in [7, 11) is 2.07. The first-order valence-electron chi connectivity index (χ1n) is 6.17. The molecule has 0 N–H and O–H groups in total. The van der Waals surface area contributed by atoms with E-state index in [0.29, 0.717) is 5.78 Å². The van der Waals surface area contributed by atoms with Gasteiger partial charge in [0.1, 0.15) is 12.1 Å². The molecule has 0 aliphatic heterocycles. The molecule has 0 radical (unpaired) electrons. The first-order valence-corrected chi connectivity index (χ1v) is 6.70. The Kier molecular flexibility index (Phi) is 4.36. The van der Waals surface area contributed by atoms with E-state index in [4.69, 9.17) is 11.6 Å². The largest absolute Gasteiger partial charge is 0.359 e. The quantitative estimate of drug-likeness (QED) is 0.595. The molecule has 0 fully saturated rings. The van der Waals surface area contributed by atoms with Crippen molar-refractivity contribution in [3.05, 3.63) is 18.1 Å². The fourth-order valence-corrected chi connectivity index (χ4v) is 2.11. The third-order valence-corrected chi connectivity index (χ3v) is 3.15. The second-order valence-electron chi connectivity index (χ2n) is 4.40. The molecule has 5 nitrogen and oxygen atoms in total. The van der Waals surface area contributed by atoms with Crippen LogP contribution in [0.1, 0.15) is 25.0 Å². The minimum atomic E-state index is 0.651. The summed E-state index contributed by atoms with van der Waals surface area (Å²) in [6.45, 7) is 2.95. The van der Waals surface area contributed by atoms with E-state index < -0.39 is 0 Å². The van der Waals surface area contributed by atoms with Gasteiger partial charge in [-0.25, -0.2) is 4.98 Å². The van der Waals surface area contributed by atoms with E-state index in [1.54, 1.807) is 4.52 Å². The molecule has 0 spiro atoms. The van der Waals surface area contributed by atoms with Gasteiger partial charge in [-0.3, -0.25) is 0 Å². The molecule has 0 saturated heterocycles. The van der Waals surface area contributed by atoms with Crippen molar-refractivity contribution < 1.29 is 0 Å². The lowest BCUT2D eigenvalue weighted by atomic mass is 10.2. The van der Waals surface area contributed by atoms with Gasteiger partial charge in [0.05, 0.1) is 0 Å². The summed E-state index contributed by atoms with van der Waals surface area (Å²) in [6.07, 6.45) is 4.88. The Labute approximate surface area is 112 Å². The van der Waals surface area contributed by atoms with Gasteiger partial charge in [-0.2, -0.15) is 14.6 Å². The molecule has 0 atom stereocenters. The molecule has 2 aromatic rings. The number of fused-ring (bicyclic) bond motifs is 1. The Morgan fingerprint density at radius 2 is 2.17 bits per heavy atom. The van der Waals surface area contributed by atoms with Crippen LogP contribution in [-0.4, -0.2) is 39.1 Å². The van der Waals surface area contributed by atoms with Gasteiger partial charge in [-0.1, -0.05) is 6.42 Å². The molecule has 0 amide bonds. The van der Waals surface area contributed by atoms with E-state index in [-0.39, 0.29) is 0 Å². The lowest BCUT2D eigenvalue weighted by Gasteiger charge is -2.19. The highest BCUT2D eigenvalue weighted by molar-refractivity contribution is 6.17. The average Bonchev–Trinajstić information content (AvgIpc) is 2.81. The Hall–Kier alpha value is -1.36. The number of anilines is 1. The smallest absolute Gasteiger partial charge is 0.254 e. The molecule has 0 bridgehead atoms. The number of unbranched alkanes of at least 4 members (excludes halogenated alkanes) is 2. The minimum Gasteiger partial charge on any atom is -0.359 e. The van der Waals surface area contributed by atoms with Crippen molar-refractivity contribution in [3.63, 3.8) is 0 Å². The first kappa shape index (κ1) is 13.1. The Bertz CT molecular complexity index is 510. The van der Waals surface area contributed by atoms with Crippen molar-refractivity contribution in [3.8, 4) is 0 Å². The molecule has 18 heavy (non-hydrogen) atoms. The van der Waals surface area contributed by atoms with Crippen LogP contribution in [0.15, 0.2) is 12.4 Å². The van der Waals surface area contributed by atoms with Crippen molar-refractivity contribution in [1.82, 2.24) is 19.6 Å². The van der Waals surface area contributed by atoms with Crippen LogP contribution in [0.3, 0.4) is 0 Å². The molecule has 0 aliphatic rings. The number of hydrogen-bond donors (Lipinski definition) is 0. The lowest BCUT2D eigenvalue weighted by molar-refractivity contribution is 0.696.